The second-order valence-electron chi connectivity index (χ2n) is 4.04. The molecule has 0 saturated carbocycles. The van der Waals surface area contributed by atoms with E-state index < -0.39 is 17.6 Å². The average Bonchev–Trinajstić information content (AvgIpc) is 2.28. The van der Waals surface area contributed by atoms with E-state index in [0.29, 0.717) is 13.0 Å². The van der Waals surface area contributed by atoms with Crippen LogP contribution in [0.25, 0.3) is 0 Å². The van der Waals surface area contributed by atoms with Crippen molar-refractivity contribution in [1.82, 2.24) is 5.32 Å². The minimum absolute atomic E-state index is 0.0133. The molecule has 92 valence electrons. The minimum Gasteiger partial charge on any atom is -0.497 e. The van der Waals surface area contributed by atoms with E-state index in [4.69, 9.17) is 4.74 Å². The summed E-state index contributed by atoms with van der Waals surface area (Å²) in [7, 11) is 1.35. The minimum atomic E-state index is -0.651. The first-order valence-electron chi connectivity index (χ1n) is 5.41. The molecular formula is C12H13F2NO2. The van der Waals surface area contributed by atoms with Crippen LogP contribution in [0.1, 0.15) is 24.3 Å². The summed E-state index contributed by atoms with van der Waals surface area (Å²) >= 11 is 0. The van der Waals surface area contributed by atoms with Crippen LogP contribution in [0.5, 0.6) is 5.75 Å². The molecule has 0 aliphatic carbocycles. The van der Waals surface area contributed by atoms with Gasteiger partial charge in [0.15, 0.2) is 0 Å². The standard InChI is InChI=1S/C12H13F2NO2/c1-17-8-5-9(13)12(10(14)6-8)7-2-3-15-11(16)4-7/h5-7H,2-4H2,1H3,(H,15,16). The van der Waals surface area contributed by atoms with Gasteiger partial charge in [0.1, 0.15) is 17.4 Å². The van der Waals surface area contributed by atoms with Crippen molar-refractivity contribution in [3.05, 3.63) is 29.3 Å². The lowest BCUT2D eigenvalue weighted by atomic mass is 9.89. The highest BCUT2D eigenvalue weighted by atomic mass is 19.1. The third kappa shape index (κ3) is 2.38. The van der Waals surface area contributed by atoms with Crippen LogP contribution in [-0.4, -0.2) is 19.6 Å². The molecule has 0 spiro atoms. The molecule has 1 atom stereocenters. The molecular weight excluding hydrogens is 228 g/mol. The number of rotatable bonds is 2. The topological polar surface area (TPSA) is 38.3 Å². The maximum absolute atomic E-state index is 13.8. The summed E-state index contributed by atoms with van der Waals surface area (Å²) in [6.07, 6.45) is 0.673. The number of hydrogen-bond donors (Lipinski definition) is 1. The number of ether oxygens (including phenoxy) is 1. The molecule has 1 unspecified atom stereocenters. The van der Waals surface area contributed by atoms with Crippen molar-refractivity contribution in [2.24, 2.45) is 0 Å². The van der Waals surface area contributed by atoms with E-state index in [1.165, 1.54) is 7.11 Å². The fourth-order valence-corrected chi connectivity index (χ4v) is 2.10. The molecule has 1 aromatic carbocycles. The quantitative estimate of drug-likeness (QED) is 0.859. The number of hydrogen-bond acceptors (Lipinski definition) is 2. The number of amides is 1. The van der Waals surface area contributed by atoms with Crippen LogP contribution in [-0.2, 0) is 4.79 Å². The molecule has 1 heterocycles. The van der Waals surface area contributed by atoms with Gasteiger partial charge in [0.05, 0.1) is 7.11 Å². The van der Waals surface area contributed by atoms with Gasteiger partial charge in [0.2, 0.25) is 5.91 Å². The van der Waals surface area contributed by atoms with Crippen LogP contribution in [0.15, 0.2) is 12.1 Å². The number of benzene rings is 1. The van der Waals surface area contributed by atoms with Crippen LogP contribution in [0.3, 0.4) is 0 Å². The Morgan fingerprint density at radius 2 is 2.00 bits per heavy atom. The lowest BCUT2D eigenvalue weighted by Gasteiger charge is -2.23. The molecule has 1 aromatic rings. The first kappa shape index (κ1) is 11.8. The molecule has 1 saturated heterocycles. The molecule has 1 aliphatic rings. The summed E-state index contributed by atoms with van der Waals surface area (Å²) in [4.78, 5) is 11.2. The Morgan fingerprint density at radius 1 is 1.35 bits per heavy atom. The average molecular weight is 241 g/mol. The molecule has 1 N–H and O–H groups in total. The molecule has 2 rings (SSSR count). The molecule has 1 amide bonds. The first-order chi connectivity index (χ1) is 8.11. The van der Waals surface area contributed by atoms with E-state index in [2.05, 4.69) is 5.32 Å². The van der Waals surface area contributed by atoms with Crippen molar-refractivity contribution < 1.29 is 18.3 Å². The van der Waals surface area contributed by atoms with Crippen molar-refractivity contribution >= 4 is 5.91 Å². The summed E-state index contributed by atoms with van der Waals surface area (Å²) in [6.45, 7) is 0.453. The zero-order valence-corrected chi connectivity index (χ0v) is 9.43. The van der Waals surface area contributed by atoms with E-state index in [1.54, 1.807) is 0 Å². The highest BCUT2D eigenvalue weighted by molar-refractivity contribution is 5.77. The third-order valence-corrected chi connectivity index (χ3v) is 2.94. The molecule has 17 heavy (non-hydrogen) atoms. The Kier molecular flexibility index (Phi) is 3.26. The zero-order valence-electron chi connectivity index (χ0n) is 9.43. The smallest absolute Gasteiger partial charge is 0.220 e. The number of nitrogens with one attached hydrogen (secondary N) is 1. The Bertz CT molecular complexity index is 425. The highest BCUT2D eigenvalue weighted by Gasteiger charge is 2.26. The zero-order chi connectivity index (χ0) is 12.4. The maximum atomic E-state index is 13.8. The van der Waals surface area contributed by atoms with Crippen LogP contribution in [0.2, 0.25) is 0 Å². The Hall–Kier alpha value is -1.65. The van der Waals surface area contributed by atoms with Gasteiger partial charge in [-0.3, -0.25) is 4.79 Å². The normalized spacial score (nSPS) is 19.9. The predicted molar refractivity (Wildman–Crippen MR) is 57.9 cm³/mol. The van der Waals surface area contributed by atoms with Gasteiger partial charge in [-0.05, 0) is 6.42 Å². The van der Waals surface area contributed by atoms with E-state index in [1.807, 2.05) is 0 Å². The summed E-state index contributed by atoms with van der Waals surface area (Å²) < 4.78 is 32.3. The Balaban J connectivity index is 2.34. The first-order valence-corrected chi connectivity index (χ1v) is 5.41. The van der Waals surface area contributed by atoms with Gasteiger partial charge < -0.3 is 10.1 Å². The SMILES string of the molecule is COc1cc(F)c(C2CCNC(=O)C2)c(F)c1. The van der Waals surface area contributed by atoms with Gasteiger partial charge in [-0.1, -0.05) is 0 Å². The number of halogens is 2. The van der Waals surface area contributed by atoms with Gasteiger partial charge in [0, 0.05) is 36.6 Å². The van der Waals surface area contributed by atoms with Gasteiger partial charge in [-0.2, -0.15) is 0 Å². The van der Waals surface area contributed by atoms with Crippen LogP contribution < -0.4 is 10.1 Å². The summed E-state index contributed by atoms with van der Waals surface area (Å²) in [5, 5.41) is 2.63. The molecule has 1 aliphatic heterocycles. The van der Waals surface area contributed by atoms with Gasteiger partial charge >= 0.3 is 0 Å². The van der Waals surface area contributed by atoms with Crippen LogP contribution in [0, 0.1) is 11.6 Å². The van der Waals surface area contributed by atoms with E-state index >= 15 is 0 Å². The third-order valence-electron chi connectivity index (χ3n) is 2.94. The maximum Gasteiger partial charge on any atom is 0.220 e. The molecule has 3 nitrogen and oxygen atoms in total. The Morgan fingerprint density at radius 3 is 2.53 bits per heavy atom. The van der Waals surface area contributed by atoms with Crippen molar-refractivity contribution in [3.63, 3.8) is 0 Å². The summed E-state index contributed by atoms with van der Waals surface area (Å²) in [5.41, 5.74) is -0.0133. The van der Waals surface area contributed by atoms with Crippen molar-refractivity contribution in [1.29, 1.82) is 0 Å². The van der Waals surface area contributed by atoms with E-state index in [-0.39, 0.29) is 23.6 Å². The number of carbonyl (C=O) groups excluding carboxylic acids is 1. The Labute approximate surface area is 97.8 Å². The number of carbonyl (C=O) groups is 1. The molecule has 0 bridgehead atoms. The second-order valence-corrected chi connectivity index (χ2v) is 4.04. The lowest BCUT2D eigenvalue weighted by Crippen LogP contribution is -2.33. The van der Waals surface area contributed by atoms with Crippen molar-refractivity contribution in [2.75, 3.05) is 13.7 Å². The van der Waals surface area contributed by atoms with Gasteiger partial charge in [-0.15, -0.1) is 0 Å². The van der Waals surface area contributed by atoms with E-state index in [0.717, 1.165) is 12.1 Å². The van der Waals surface area contributed by atoms with Gasteiger partial charge in [0.25, 0.3) is 0 Å². The monoisotopic (exact) mass is 241 g/mol. The molecule has 5 heteroatoms. The fraction of sp³-hybridized carbons (Fsp3) is 0.417. The van der Waals surface area contributed by atoms with Crippen LogP contribution in [0.4, 0.5) is 8.78 Å². The molecule has 0 aromatic heterocycles. The van der Waals surface area contributed by atoms with Crippen molar-refractivity contribution in [2.45, 2.75) is 18.8 Å². The van der Waals surface area contributed by atoms with Crippen molar-refractivity contribution in [3.8, 4) is 5.75 Å². The number of methoxy groups -OCH3 is 1. The summed E-state index contributed by atoms with van der Waals surface area (Å²) in [6, 6.07) is 2.29. The predicted octanol–water partition coefficient (Wildman–Crippen LogP) is 1.97. The fourth-order valence-electron chi connectivity index (χ4n) is 2.10. The second kappa shape index (κ2) is 4.69. The number of piperidine rings is 1. The lowest BCUT2D eigenvalue weighted by molar-refractivity contribution is -0.122. The molecule has 0 radical (unpaired) electrons. The van der Waals surface area contributed by atoms with E-state index in [9.17, 15) is 13.6 Å². The largest absolute Gasteiger partial charge is 0.497 e. The highest BCUT2D eigenvalue weighted by Crippen LogP contribution is 2.32. The summed E-state index contributed by atoms with van der Waals surface area (Å²) in [5.74, 6) is -1.72. The molecule has 1 fully saturated rings. The van der Waals surface area contributed by atoms with Gasteiger partial charge in [-0.25, -0.2) is 8.78 Å². The van der Waals surface area contributed by atoms with Crippen LogP contribution >= 0.6 is 0 Å².